The van der Waals surface area contributed by atoms with Gasteiger partial charge < -0.3 is 11.1 Å². The fourth-order valence-electron chi connectivity index (χ4n) is 3.86. The van der Waals surface area contributed by atoms with Gasteiger partial charge in [0, 0.05) is 21.1 Å². The summed E-state index contributed by atoms with van der Waals surface area (Å²) in [5, 5.41) is 4.06. The van der Waals surface area contributed by atoms with E-state index in [0.717, 1.165) is 32.2 Å². The largest absolute Gasteiger partial charge is 0.368 e. The summed E-state index contributed by atoms with van der Waals surface area (Å²) in [7, 11) is -3.77. The van der Waals surface area contributed by atoms with Gasteiger partial charge in [-0.2, -0.15) is 4.98 Å². The first kappa shape index (κ1) is 23.8. The summed E-state index contributed by atoms with van der Waals surface area (Å²) in [6, 6.07) is 27.4. The summed E-state index contributed by atoms with van der Waals surface area (Å²) in [6.07, 6.45) is 0. The number of hydrogen-bond acceptors (Lipinski definition) is 6. The van der Waals surface area contributed by atoms with Gasteiger partial charge in [0.2, 0.25) is 5.95 Å². The Morgan fingerprint density at radius 3 is 2.42 bits per heavy atom. The van der Waals surface area contributed by atoms with Crippen molar-refractivity contribution < 1.29 is 8.42 Å². The van der Waals surface area contributed by atoms with E-state index in [1.807, 2.05) is 61.5 Å². The second kappa shape index (κ2) is 9.60. The summed E-state index contributed by atoms with van der Waals surface area (Å²) in [5.41, 5.74) is 10.4. The summed E-state index contributed by atoms with van der Waals surface area (Å²) < 4.78 is 29.8. The Bertz CT molecular complexity index is 1690. The smallest absolute Gasteiger partial charge is 0.261 e. The maximum absolute atomic E-state index is 13.1. The minimum Gasteiger partial charge on any atom is -0.368 e. The van der Waals surface area contributed by atoms with E-state index in [1.54, 1.807) is 36.4 Å². The standard InChI is InChI=1S/C27H22BrN5O2S/c1-17-9-12-21(13-10-17)36(34,35)33-25-8-3-2-7-22(25)18-11-14-24-23(15-18)26(32-27(29)31-24)30-20-6-4-5-19(28)16-20/h2-16,33H,1H3,(H3,29,30,31,32). The van der Waals surface area contributed by atoms with Crippen LogP contribution in [0, 0.1) is 6.92 Å². The van der Waals surface area contributed by atoms with Crippen molar-refractivity contribution in [1.29, 1.82) is 0 Å². The molecular weight excluding hydrogens is 538 g/mol. The number of benzene rings is 4. The number of para-hydroxylation sites is 1. The second-order valence-electron chi connectivity index (χ2n) is 8.26. The Balaban J connectivity index is 1.57. The van der Waals surface area contributed by atoms with Gasteiger partial charge in [-0.1, -0.05) is 64.0 Å². The molecule has 0 spiro atoms. The van der Waals surface area contributed by atoms with Crippen molar-refractivity contribution in [2.24, 2.45) is 0 Å². The number of nitrogens with one attached hydrogen (secondary N) is 2. The van der Waals surface area contributed by atoms with Crippen LogP contribution < -0.4 is 15.8 Å². The molecule has 0 aliphatic heterocycles. The van der Waals surface area contributed by atoms with Crippen molar-refractivity contribution in [1.82, 2.24) is 9.97 Å². The zero-order chi connectivity index (χ0) is 25.3. The normalized spacial score (nSPS) is 11.4. The Kier molecular flexibility index (Phi) is 6.34. The summed E-state index contributed by atoms with van der Waals surface area (Å²) >= 11 is 3.48. The quantitative estimate of drug-likeness (QED) is 0.219. The Morgan fingerprint density at radius 2 is 1.64 bits per heavy atom. The summed E-state index contributed by atoms with van der Waals surface area (Å²) in [6.45, 7) is 1.91. The van der Waals surface area contributed by atoms with E-state index in [9.17, 15) is 8.42 Å². The van der Waals surface area contributed by atoms with E-state index < -0.39 is 10.0 Å². The molecule has 4 aromatic carbocycles. The van der Waals surface area contributed by atoms with Crippen molar-refractivity contribution in [3.05, 3.63) is 101 Å². The molecule has 0 atom stereocenters. The number of sulfonamides is 1. The highest BCUT2D eigenvalue weighted by atomic mass is 79.9. The van der Waals surface area contributed by atoms with Crippen LogP contribution in [0.2, 0.25) is 0 Å². The van der Waals surface area contributed by atoms with Gasteiger partial charge in [0.1, 0.15) is 5.82 Å². The van der Waals surface area contributed by atoms with Crippen LogP contribution in [0.1, 0.15) is 5.56 Å². The molecular formula is C27H22BrN5O2S. The maximum Gasteiger partial charge on any atom is 0.261 e. The number of fused-ring (bicyclic) bond motifs is 1. The molecule has 0 bridgehead atoms. The van der Waals surface area contributed by atoms with Gasteiger partial charge in [-0.3, -0.25) is 4.72 Å². The van der Waals surface area contributed by atoms with E-state index in [0.29, 0.717) is 17.0 Å². The molecule has 0 amide bonds. The molecule has 0 saturated heterocycles. The molecule has 0 unspecified atom stereocenters. The molecule has 0 aliphatic rings. The van der Waals surface area contributed by atoms with Crippen LogP contribution in [-0.4, -0.2) is 18.4 Å². The highest BCUT2D eigenvalue weighted by Crippen LogP contribution is 2.34. The van der Waals surface area contributed by atoms with E-state index in [1.165, 1.54) is 0 Å². The number of rotatable bonds is 6. The lowest BCUT2D eigenvalue weighted by atomic mass is 10.0. The van der Waals surface area contributed by atoms with Gasteiger partial charge in [-0.05, 0) is 61.0 Å². The van der Waals surface area contributed by atoms with E-state index in [-0.39, 0.29) is 10.8 Å². The molecule has 7 nitrogen and oxygen atoms in total. The summed E-state index contributed by atoms with van der Waals surface area (Å²) in [4.78, 5) is 8.98. The molecule has 0 aliphatic carbocycles. The molecule has 4 N–H and O–H groups in total. The number of halogens is 1. The van der Waals surface area contributed by atoms with Gasteiger partial charge >= 0.3 is 0 Å². The minimum atomic E-state index is -3.77. The molecule has 5 aromatic rings. The van der Waals surface area contributed by atoms with Crippen LogP contribution in [0.3, 0.4) is 0 Å². The Labute approximate surface area is 217 Å². The van der Waals surface area contributed by atoms with Crippen molar-refractivity contribution in [2.75, 3.05) is 15.8 Å². The predicted octanol–water partition coefficient (Wildman–Crippen LogP) is 6.49. The topological polar surface area (TPSA) is 110 Å². The van der Waals surface area contributed by atoms with Crippen LogP contribution in [0.25, 0.3) is 22.0 Å². The number of hydrogen-bond donors (Lipinski definition) is 3. The number of anilines is 4. The highest BCUT2D eigenvalue weighted by Gasteiger charge is 2.17. The third kappa shape index (κ3) is 5.02. The number of aryl methyl sites for hydroxylation is 1. The molecule has 0 saturated carbocycles. The van der Waals surface area contributed by atoms with Gasteiger partial charge in [-0.25, -0.2) is 13.4 Å². The van der Waals surface area contributed by atoms with Crippen LogP contribution in [0.15, 0.2) is 100 Å². The lowest BCUT2D eigenvalue weighted by Gasteiger charge is -2.15. The molecule has 1 heterocycles. The Hall–Kier alpha value is -3.95. The van der Waals surface area contributed by atoms with Gasteiger partial charge in [-0.15, -0.1) is 0 Å². The predicted molar refractivity (Wildman–Crippen MR) is 149 cm³/mol. The zero-order valence-corrected chi connectivity index (χ0v) is 21.6. The zero-order valence-electron chi connectivity index (χ0n) is 19.2. The molecule has 180 valence electrons. The monoisotopic (exact) mass is 559 g/mol. The number of nitrogen functional groups attached to an aromatic ring is 1. The maximum atomic E-state index is 13.1. The molecule has 1 aromatic heterocycles. The number of aromatic nitrogens is 2. The van der Waals surface area contributed by atoms with Crippen LogP contribution in [0.4, 0.5) is 23.1 Å². The van der Waals surface area contributed by atoms with Crippen molar-refractivity contribution in [2.45, 2.75) is 11.8 Å². The highest BCUT2D eigenvalue weighted by molar-refractivity contribution is 9.10. The molecule has 9 heteroatoms. The fraction of sp³-hybridized carbons (Fsp3) is 0.0370. The van der Waals surface area contributed by atoms with Gasteiger partial charge in [0.05, 0.1) is 16.1 Å². The lowest BCUT2D eigenvalue weighted by molar-refractivity contribution is 0.601. The SMILES string of the molecule is Cc1ccc(S(=O)(=O)Nc2ccccc2-c2ccc3nc(N)nc(Nc4cccc(Br)c4)c3c2)cc1. The van der Waals surface area contributed by atoms with E-state index in [2.05, 4.69) is 35.9 Å². The average Bonchev–Trinajstić information content (AvgIpc) is 2.84. The molecule has 5 rings (SSSR count). The first-order valence-electron chi connectivity index (χ1n) is 11.1. The molecule has 36 heavy (non-hydrogen) atoms. The van der Waals surface area contributed by atoms with Crippen molar-refractivity contribution in [3.8, 4) is 11.1 Å². The minimum absolute atomic E-state index is 0.152. The van der Waals surface area contributed by atoms with E-state index in [4.69, 9.17) is 5.73 Å². The first-order chi connectivity index (χ1) is 17.3. The second-order valence-corrected chi connectivity index (χ2v) is 10.9. The third-order valence-corrected chi connectivity index (χ3v) is 7.49. The van der Waals surface area contributed by atoms with Crippen LogP contribution in [-0.2, 0) is 10.0 Å². The summed E-state index contributed by atoms with van der Waals surface area (Å²) in [5.74, 6) is 0.703. The fourth-order valence-corrected chi connectivity index (χ4v) is 5.34. The third-order valence-electron chi connectivity index (χ3n) is 5.61. The van der Waals surface area contributed by atoms with Crippen LogP contribution in [0.5, 0.6) is 0 Å². The Morgan fingerprint density at radius 1 is 0.861 bits per heavy atom. The first-order valence-corrected chi connectivity index (χ1v) is 13.3. The molecule has 0 radical (unpaired) electrons. The van der Waals surface area contributed by atoms with Crippen LogP contribution >= 0.6 is 15.9 Å². The van der Waals surface area contributed by atoms with E-state index >= 15 is 0 Å². The van der Waals surface area contributed by atoms with Gasteiger partial charge in [0.15, 0.2) is 0 Å². The molecule has 0 fully saturated rings. The average molecular weight is 560 g/mol. The van der Waals surface area contributed by atoms with Crippen molar-refractivity contribution >= 4 is 60.0 Å². The lowest BCUT2D eigenvalue weighted by Crippen LogP contribution is -2.13. The van der Waals surface area contributed by atoms with Gasteiger partial charge in [0.25, 0.3) is 10.0 Å². The number of nitrogens with two attached hydrogens (primary N) is 1. The van der Waals surface area contributed by atoms with Crippen molar-refractivity contribution in [3.63, 3.8) is 0 Å². The number of nitrogens with zero attached hydrogens (tertiary/aromatic N) is 2.